The third-order valence-electron chi connectivity index (χ3n) is 4.11. The van der Waals surface area contributed by atoms with Gasteiger partial charge in [-0.1, -0.05) is 13.8 Å². The van der Waals surface area contributed by atoms with Gasteiger partial charge in [-0.25, -0.2) is 0 Å². The molecule has 0 aromatic heterocycles. The Labute approximate surface area is 158 Å². The van der Waals surface area contributed by atoms with E-state index in [1.165, 1.54) is 17.1 Å². The lowest BCUT2D eigenvalue weighted by Gasteiger charge is -2.26. The maximum absolute atomic E-state index is 11.7. The highest BCUT2D eigenvalue weighted by Gasteiger charge is 2.32. The summed E-state index contributed by atoms with van der Waals surface area (Å²) in [5.41, 5.74) is -0.986. The van der Waals surface area contributed by atoms with E-state index in [-0.39, 0.29) is 18.4 Å². The van der Waals surface area contributed by atoms with Crippen LogP contribution in [0.2, 0.25) is 0 Å². The molecule has 9 heteroatoms. The molecular formula is C18H27N3O6. The molecule has 1 atom stereocenters. The van der Waals surface area contributed by atoms with Crippen molar-refractivity contribution >= 4 is 23.6 Å². The van der Waals surface area contributed by atoms with Crippen molar-refractivity contribution in [3.63, 3.8) is 0 Å². The predicted octanol–water partition coefficient (Wildman–Crippen LogP) is -0.793. The van der Waals surface area contributed by atoms with Crippen LogP contribution in [0.3, 0.4) is 0 Å². The van der Waals surface area contributed by atoms with E-state index in [0.29, 0.717) is 25.9 Å². The Morgan fingerprint density at radius 2 is 1.81 bits per heavy atom. The lowest BCUT2D eigenvalue weighted by molar-refractivity contribution is -0.137. The number of nitrogens with one attached hydrogen (secondary N) is 2. The summed E-state index contributed by atoms with van der Waals surface area (Å²) < 4.78 is 0. The molecule has 150 valence electrons. The van der Waals surface area contributed by atoms with Crippen LogP contribution in [-0.4, -0.2) is 64.5 Å². The molecule has 0 unspecified atom stereocenters. The molecule has 4 amide bonds. The Kier molecular flexibility index (Phi) is 8.83. The van der Waals surface area contributed by atoms with E-state index in [2.05, 4.69) is 10.6 Å². The number of hydrogen-bond donors (Lipinski definition) is 4. The zero-order valence-corrected chi connectivity index (χ0v) is 15.6. The monoisotopic (exact) mass is 381 g/mol. The topological polar surface area (TPSA) is 136 Å². The number of rotatable bonds is 11. The maximum atomic E-state index is 11.7. The van der Waals surface area contributed by atoms with Gasteiger partial charge in [-0.3, -0.25) is 24.1 Å². The summed E-state index contributed by atoms with van der Waals surface area (Å²) in [5.74, 6) is -1.71. The number of hydrogen-bond acceptors (Lipinski definition) is 6. The summed E-state index contributed by atoms with van der Waals surface area (Å²) in [7, 11) is 0. The van der Waals surface area contributed by atoms with Crippen LogP contribution in [0.5, 0.6) is 0 Å². The average Bonchev–Trinajstić information content (AvgIpc) is 2.95. The predicted molar refractivity (Wildman–Crippen MR) is 96.9 cm³/mol. The first-order valence-corrected chi connectivity index (χ1v) is 8.76. The first-order chi connectivity index (χ1) is 12.7. The second kappa shape index (κ2) is 10.6. The molecule has 0 fully saturated rings. The smallest absolute Gasteiger partial charge is 0.253 e. The summed E-state index contributed by atoms with van der Waals surface area (Å²) in [6.45, 7) is 3.50. The minimum atomic E-state index is -1.40. The number of carbonyl (C=O) groups excluding carboxylic acids is 4. The third kappa shape index (κ3) is 7.32. The normalized spacial score (nSPS) is 15.5. The van der Waals surface area contributed by atoms with Crippen molar-refractivity contribution in [2.24, 2.45) is 5.41 Å². The molecule has 0 spiro atoms. The highest BCUT2D eigenvalue weighted by Crippen LogP contribution is 2.19. The molecule has 9 nitrogen and oxygen atoms in total. The minimum absolute atomic E-state index is 0.298. The molecule has 1 aliphatic rings. The van der Waals surface area contributed by atoms with E-state index in [4.69, 9.17) is 5.11 Å². The van der Waals surface area contributed by atoms with Gasteiger partial charge >= 0.3 is 0 Å². The van der Waals surface area contributed by atoms with Gasteiger partial charge in [0, 0.05) is 42.9 Å². The Bertz CT molecular complexity index is 609. The molecular weight excluding hydrogens is 354 g/mol. The SMILES string of the molecule is CC(C)(CO)[C@@H](O)C(=O)N/C=C\C(=O)NCCCCCN1C(=O)C=CC1=O. The van der Waals surface area contributed by atoms with E-state index in [9.17, 15) is 24.3 Å². The number of aliphatic hydroxyl groups is 2. The van der Waals surface area contributed by atoms with Crippen molar-refractivity contribution in [2.75, 3.05) is 19.7 Å². The zero-order valence-electron chi connectivity index (χ0n) is 15.6. The van der Waals surface area contributed by atoms with Crippen LogP contribution in [0.4, 0.5) is 0 Å². The highest BCUT2D eigenvalue weighted by atomic mass is 16.3. The average molecular weight is 381 g/mol. The second-order valence-electron chi connectivity index (χ2n) is 6.90. The van der Waals surface area contributed by atoms with Gasteiger partial charge in [-0.15, -0.1) is 0 Å². The quantitative estimate of drug-likeness (QED) is 0.210. The molecule has 1 rings (SSSR count). The van der Waals surface area contributed by atoms with Gasteiger partial charge < -0.3 is 20.8 Å². The third-order valence-corrected chi connectivity index (χ3v) is 4.11. The molecule has 0 saturated heterocycles. The standard InChI is InChI=1S/C18H27N3O6/c1-18(2,12-22)16(26)17(27)20-10-8-13(23)19-9-4-3-5-11-21-14(24)6-7-15(21)25/h6-8,10,16,22,26H,3-5,9,11-12H2,1-2H3,(H,19,23)(H,20,27)/b10-8-/t16-/m0/s1. The first kappa shape index (κ1) is 22.5. The van der Waals surface area contributed by atoms with Crippen molar-refractivity contribution in [3.05, 3.63) is 24.4 Å². The van der Waals surface area contributed by atoms with Gasteiger partial charge in [-0.2, -0.15) is 0 Å². The van der Waals surface area contributed by atoms with Crippen molar-refractivity contribution < 1.29 is 29.4 Å². The Morgan fingerprint density at radius 3 is 2.41 bits per heavy atom. The van der Waals surface area contributed by atoms with Crippen molar-refractivity contribution in [2.45, 2.75) is 39.2 Å². The van der Waals surface area contributed by atoms with Gasteiger partial charge in [0.15, 0.2) is 0 Å². The van der Waals surface area contributed by atoms with E-state index in [1.54, 1.807) is 13.8 Å². The zero-order chi connectivity index (χ0) is 20.4. The fourth-order valence-electron chi connectivity index (χ4n) is 2.21. The molecule has 0 aliphatic carbocycles. The van der Waals surface area contributed by atoms with Crippen molar-refractivity contribution in [1.29, 1.82) is 0 Å². The molecule has 0 aromatic rings. The van der Waals surface area contributed by atoms with Crippen LogP contribution in [0, 0.1) is 5.41 Å². The van der Waals surface area contributed by atoms with Crippen LogP contribution in [0.1, 0.15) is 33.1 Å². The molecule has 0 saturated carbocycles. The number of imide groups is 1. The summed E-state index contributed by atoms with van der Waals surface area (Å²) in [6.07, 6.45) is 5.42. The van der Waals surface area contributed by atoms with Crippen LogP contribution in [0.25, 0.3) is 0 Å². The van der Waals surface area contributed by atoms with Crippen LogP contribution in [-0.2, 0) is 19.2 Å². The highest BCUT2D eigenvalue weighted by molar-refractivity contribution is 6.12. The van der Waals surface area contributed by atoms with Crippen molar-refractivity contribution in [3.8, 4) is 0 Å². The largest absolute Gasteiger partial charge is 0.396 e. The lowest BCUT2D eigenvalue weighted by Crippen LogP contribution is -2.44. The van der Waals surface area contributed by atoms with Crippen LogP contribution < -0.4 is 10.6 Å². The fraction of sp³-hybridized carbons (Fsp3) is 0.556. The summed E-state index contributed by atoms with van der Waals surface area (Å²) in [6, 6.07) is 0. The number of unbranched alkanes of at least 4 members (excludes halogenated alkanes) is 2. The molecule has 0 aromatic carbocycles. The van der Waals surface area contributed by atoms with E-state index in [0.717, 1.165) is 18.7 Å². The Balaban J connectivity index is 2.15. The molecule has 1 heterocycles. The maximum Gasteiger partial charge on any atom is 0.253 e. The fourth-order valence-corrected chi connectivity index (χ4v) is 2.21. The molecule has 0 bridgehead atoms. The minimum Gasteiger partial charge on any atom is -0.396 e. The van der Waals surface area contributed by atoms with Crippen LogP contribution >= 0.6 is 0 Å². The molecule has 1 aliphatic heterocycles. The summed E-state index contributed by atoms with van der Waals surface area (Å²) in [4.78, 5) is 47.2. The molecule has 27 heavy (non-hydrogen) atoms. The van der Waals surface area contributed by atoms with Gasteiger partial charge in [0.05, 0.1) is 6.61 Å². The van der Waals surface area contributed by atoms with Gasteiger partial charge in [-0.05, 0) is 19.3 Å². The van der Waals surface area contributed by atoms with Crippen molar-refractivity contribution in [1.82, 2.24) is 15.5 Å². The van der Waals surface area contributed by atoms with Gasteiger partial charge in [0.2, 0.25) is 5.91 Å². The molecule has 0 radical (unpaired) electrons. The number of nitrogens with zero attached hydrogens (tertiary/aromatic N) is 1. The van der Waals surface area contributed by atoms with Crippen LogP contribution in [0.15, 0.2) is 24.4 Å². The Hall–Kier alpha value is -2.52. The van der Waals surface area contributed by atoms with E-state index in [1.807, 2.05) is 0 Å². The number of carbonyl (C=O) groups is 4. The van der Waals surface area contributed by atoms with E-state index >= 15 is 0 Å². The summed E-state index contributed by atoms with van der Waals surface area (Å²) >= 11 is 0. The Morgan fingerprint density at radius 1 is 1.19 bits per heavy atom. The second-order valence-corrected chi connectivity index (χ2v) is 6.90. The molecule has 4 N–H and O–H groups in total. The summed E-state index contributed by atoms with van der Waals surface area (Å²) in [5, 5.41) is 23.8. The van der Waals surface area contributed by atoms with E-state index < -0.39 is 23.3 Å². The number of aliphatic hydroxyl groups excluding tert-OH is 2. The van der Waals surface area contributed by atoms with Gasteiger partial charge in [0.1, 0.15) is 6.10 Å². The van der Waals surface area contributed by atoms with Gasteiger partial charge in [0.25, 0.3) is 17.7 Å². The first-order valence-electron chi connectivity index (χ1n) is 8.76. The number of amides is 4. The lowest BCUT2D eigenvalue weighted by atomic mass is 9.87.